The van der Waals surface area contributed by atoms with Crippen LogP contribution in [0.1, 0.15) is 5.69 Å². The van der Waals surface area contributed by atoms with Gasteiger partial charge in [-0.1, -0.05) is 6.07 Å². The molecule has 16 heavy (non-hydrogen) atoms. The zero-order valence-electron chi connectivity index (χ0n) is 8.70. The van der Waals surface area contributed by atoms with E-state index in [1.54, 1.807) is 10.7 Å². The normalized spacial score (nSPS) is 10.8. The Kier molecular flexibility index (Phi) is 1.89. The molecule has 3 heterocycles. The Hall–Kier alpha value is -2.30. The number of hydrogen-bond donors (Lipinski definition) is 0. The zero-order chi connectivity index (χ0) is 11.0. The molecule has 0 aliphatic carbocycles. The highest BCUT2D eigenvalue weighted by Gasteiger charge is 2.07. The summed E-state index contributed by atoms with van der Waals surface area (Å²) in [6, 6.07) is 7.72. The Labute approximate surface area is 91.8 Å². The maximum Gasteiger partial charge on any atom is 0.252 e. The van der Waals surface area contributed by atoms with Crippen molar-refractivity contribution in [3.05, 3.63) is 42.5 Å². The number of hydrogen-bond acceptors (Lipinski definition) is 4. The lowest BCUT2D eigenvalue weighted by Gasteiger charge is -2.03. The van der Waals surface area contributed by atoms with E-state index in [1.807, 2.05) is 31.2 Å². The number of aromatic nitrogens is 5. The minimum atomic E-state index is 0.598. The summed E-state index contributed by atoms with van der Waals surface area (Å²) in [7, 11) is 0. The van der Waals surface area contributed by atoms with E-state index in [0.29, 0.717) is 5.78 Å². The Bertz CT molecular complexity index is 629. The Morgan fingerprint density at radius 3 is 2.94 bits per heavy atom. The molecule has 0 N–H and O–H groups in total. The summed E-state index contributed by atoms with van der Waals surface area (Å²) in [6.07, 6.45) is 3.25. The van der Waals surface area contributed by atoms with Gasteiger partial charge in [-0.05, 0) is 25.1 Å². The molecular weight excluding hydrogens is 202 g/mol. The molecule has 0 spiro atoms. The molecule has 0 radical (unpaired) electrons. The van der Waals surface area contributed by atoms with Crippen LogP contribution in [-0.4, -0.2) is 24.6 Å². The summed E-state index contributed by atoms with van der Waals surface area (Å²) >= 11 is 0. The Morgan fingerprint density at radius 2 is 2.12 bits per heavy atom. The van der Waals surface area contributed by atoms with Crippen LogP contribution in [0.5, 0.6) is 0 Å². The van der Waals surface area contributed by atoms with Crippen molar-refractivity contribution in [3.8, 4) is 11.4 Å². The summed E-state index contributed by atoms with van der Waals surface area (Å²) in [6.45, 7) is 1.93. The first-order valence-electron chi connectivity index (χ1n) is 4.93. The van der Waals surface area contributed by atoms with Crippen LogP contribution in [-0.2, 0) is 0 Å². The van der Waals surface area contributed by atoms with Crippen molar-refractivity contribution < 1.29 is 0 Å². The van der Waals surface area contributed by atoms with Crippen molar-refractivity contribution in [3.63, 3.8) is 0 Å². The van der Waals surface area contributed by atoms with E-state index in [0.717, 1.165) is 17.1 Å². The monoisotopic (exact) mass is 211 g/mol. The van der Waals surface area contributed by atoms with Gasteiger partial charge >= 0.3 is 0 Å². The fraction of sp³-hybridized carbons (Fsp3) is 0.0909. The Balaban J connectivity index is 2.34. The maximum absolute atomic E-state index is 4.30. The second kappa shape index (κ2) is 3.37. The van der Waals surface area contributed by atoms with Gasteiger partial charge in [0.05, 0.1) is 11.4 Å². The molecule has 5 heteroatoms. The average molecular weight is 211 g/mol. The molecule has 0 aromatic carbocycles. The highest BCUT2D eigenvalue weighted by Crippen LogP contribution is 2.16. The van der Waals surface area contributed by atoms with Gasteiger partial charge in [0.2, 0.25) is 0 Å². The number of rotatable bonds is 1. The molecule has 0 saturated heterocycles. The molecule has 0 unspecified atom stereocenters. The van der Waals surface area contributed by atoms with Crippen LogP contribution >= 0.6 is 0 Å². The fourth-order valence-electron chi connectivity index (χ4n) is 1.63. The third kappa shape index (κ3) is 1.33. The van der Waals surface area contributed by atoms with Crippen LogP contribution in [0.3, 0.4) is 0 Å². The zero-order valence-corrected chi connectivity index (χ0v) is 8.70. The van der Waals surface area contributed by atoms with Crippen LogP contribution in [0.4, 0.5) is 0 Å². The second-order valence-electron chi connectivity index (χ2n) is 3.47. The van der Waals surface area contributed by atoms with E-state index in [-0.39, 0.29) is 0 Å². The molecular formula is C11H9N5. The molecule has 3 rings (SSSR count). The van der Waals surface area contributed by atoms with Crippen molar-refractivity contribution in [1.82, 2.24) is 24.6 Å². The average Bonchev–Trinajstić information content (AvgIpc) is 2.77. The van der Waals surface area contributed by atoms with Gasteiger partial charge in [-0.2, -0.15) is 14.6 Å². The molecule has 78 valence electrons. The van der Waals surface area contributed by atoms with Gasteiger partial charge in [-0.15, -0.1) is 0 Å². The topological polar surface area (TPSA) is 56.0 Å². The lowest BCUT2D eigenvalue weighted by Crippen LogP contribution is -1.99. The van der Waals surface area contributed by atoms with Crippen LogP contribution in [0.15, 0.2) is 36.8 Å². The molecule has 3 aromatic rings. The molecule has 0 atom stereocenters. The second-order valence-corrected chi connectivity index (χ2v) is 3.47. The third-order valence-corrected chi connectivity index (χ3v) is 2.31. The van der Waals surface area contributed by atoms with E-state index in [4.69, 9.17) is 0 Å². The van der Waals surface area contributed by atoms with E-state index in [2.05, 4.69) is 20.1 Å². The predicted molar refractivity (Wildman–Crippen MR) is 58.8 cm³/mol. The van der Waals surface area contributed by atoms with E-state index in [1.165, 1.54) is 6.33 Å². The number of nitrogens with zero attached hydrogens (tertiary/aromatic N) is 5. The first-order valence-corrected chi connectivity index (χ1v) is 4.93. The first-order chi connectivity index (χ1) is 7.84. The van der Waals surface area contributed by atoms with Crippen LogP contribution < -0.4 is 0 Å². The van der Waals surface area contributed by atoms with Gasteiger partial charge in [-0.3, -0.25) is 4.98 Å². The van der Waals surface area contributed by atoms with Crippen molar-refractivity contribution in [2.45, 2.75) is 6.92 Å². The standard InChI is InChI=1S/C11H9N5/c1-8-6-10(9-4-2-3-5-12-9)16-11(15-8)13-7-14-16/h2-7H,1H3. The molecule has 0 fully saturated rings. The van der Waals surface area contributed by atoms with Crippen molar-refractivity contribution in [1.29, 1.82) is 0 Å². The molecule has 5 nitrogen and oxygen atoms in total. The summed E-state index contributed by atoms with van der Waals surface area (Å²) in [5.74, 6) is 0.598. The molecule has 0 aliphatic heterocycles. The van der Waals surface area contributed by atoms with Crippen molar-refractivity contribution in [2.24, 2.45) is 0 Å². The van der Waals surface area contributed by atoms with Gasteiger partial charge in [-0.25, -0.2) is 4.98 Å². The lowest BCUT2D eigenvalue weighted by atomic mass is 10.2. The van der Waals surface area contributed by atoms with Crippen LogP contribution in [0, 0.1) is 6.92 Å². The first kappa shape index (κ1) is 8.96. The number of fused-ring (bicyclic) bond motifs is 1. The van der Waals surface area contributed by atoms with Gasteiger partial charge in [0.15, 0.2) is 0 Å². The number of pyridine rings is 1. The quantitative estimate of drug-likeness (QED) is 0.612. The molecule has 0 amide bonds. The highest BCUT2D eigenvalue weighted by atomic mass is 15.3. The molecule has 0 bridgehead atoms. The fourth-order valence-corrected chi connectivity index (χ4v) is 1.63. The molecule has 0 aliphatic rings. The van der Waals surface area contributed by atoms with E-state index in [9.17, 15) is 0 Å². The molecule has 0 saturated carbocycles. The Morgan fingerprint density at radius 1 is 1.19 bits per heavy atom. The van der Waals surface area contributed by atoms with Crippen LogP contribution in [0.25, 0.3) is 17.2 Å². The third-order valence-electron chi connectivity index (χ3n) is 2.31. The van der Waals surface area contributed by atoms with Crippen molar-refractivity contribution >= 4 is 5.78 Å². The van der Waals surface area contributed by atoms with Gasteiger partial charge in [0.1, 0.15) is 6.33 Å². The summed E-state index contributed by atoms with van der Waals surface area (Å²) in [5, 5.41) is 4.14. The minimum absolute atomic E-state index is 0.598. The summed E-state index contributed by atoms with van der Waals surface area (Å²) in [4.78, 5) is 12.7. The van der Waals surface area contributed by atoms with E-state index < -0.39 is 0 Å². The smallest absolute Gasteiger partial charge is 0.252 e. The van der Waals surface area contributed by atoms with E-state index >= 15 is 0 Å². The largest absolute Gasteiger partial charge is 0.255 e. The SMILES string of the molecule is Cc1cc(-c2ccccn2)n2ncnc2n1. The van der Waals surface area contributed by atoms with Gasteiger partial charge < -0.3 is 0 Å². The maximum atomic E-state index is 4.30. The predicted octanol–water partition coefficient (Wildman–Crippen LogP) is 1.49. The summed E-state index contributed by atoms with van der Waals surface area (Å²) in [5.41, 5.74) is 2.67. The lowest BCUT2D eigenvalue weighted by molar-refractivity contribution is 0.931. The molecule has 3 aromatic heterocycles. The van der Waals surface area contributed by atoms with Gasteiger partial charge in [0, 0.05) is 11.9 Å². The number of aryl methyl sites for hydroxylation is 1. The van der Waals surface area contributed by atoms with Crippen molar-refractivity contribution in [2.75, 3.05) is 0 Å². The highest BCUT2D eigenvalue weighted by molar-refractivity contribution is 5.57. The van der Waals surface area contributed by atoms with Gasteiger partial charge in [0.25, 0.3) is 5.78 Å². The minimum Gasteiger partial charge on any atom is -0.255 e. The van der Waals surface area contributed by atoms with Crippen LogP contribution in [0.2, 0.25) is 0 Å². The summed E-state index contributed by atoms with van der Waals surface area (Å²) < 4.78 is 1.69.